The highest BCUT2D eigenvalue weighted by molar-refractivity contribution is 6.48. The van der Waals surface area contributed by atoms with Gasteiger partial charge in [0.05, 0.1) is 6.61 Å². The molecule has 4 heteroatoms. The van der Waals surface area contributed by atoms with Crippen LogP contribution in [0.4, 0.5) is 0 Å². The van der Waals surface area contributed by atoms with Gasteiger partial charge in [-0.25, -0.2) is 4.79 Å². The van der Waals surface area contributed by atoms with Gasteiger partial charge in [-0.15, -0.1) is 0 Å². The lowest BCUT2D eigenvalue weighted by molar-refractivity contribution is -0.139. The van der Waals surface area contributed by atoms with Crippen molar-refractivity contribution in [1.82, 2.24) is 0 Å². The Labute approximate surface area is 81.5 Å². The molecule has 0 heterocycles. The van der Waals surface area contributed by atoms with E-state index in [0.717, 1.165) is 6.42 Å². The molecule has 0 aliphatic rings. The molecular weight excluding hydrogens is 184 g/mol. The Morgan fingerprint density at radius 2 is 2.00 bits per heavy atom. The highest BCUT2D eigenvalue weighted by atomic mass is 28.3. The fraction of sp³-hybridized carbons (Fsp3) is 0.667. The Balaban J connectivity index is 3.26. The van der Waals surface area contributed by atoms with Crippen molar-refractivity contribution in [3.8, 4) is 0 Å². The minimum absolute atomic E-state index is 0.318. The predicted octanol–water partition coefficient (Wildman–Crippen LogP) is 1.50. The van der Waals surface area contributed by atoms with Crippen LogP contribution in [0.5, 0.6) is 0 Å². The van der Waals surface area contributed by atoms with Crippen LogP contribution >= 0.6 is 0 Å². The topological polar surface area (TPSA) is 35.5 Å². The molecule has 0 aromatic rings. The fourth-order valence-electron chi connectivity index (χ4n) is 0.666. The van der Waals surface area contributed by atoms with E-state index in [1.165, 1.54) is 0 Å². The summed E-state index contributed by atoms with van der Waals surface area (Å²) >= 11 is 0. The van der Waals surface area contributed by atoms with E-state index in [0.29, 0.717) is 18.8 Å². The Kier molecular flexibility index (Phi) is 6.53. The molecule has 0 atom stereocenters. The molecule has 0 N–H and O–H groups in total. The number of hydrogen-bond donors (Lipinski definition) is 0. The van der Waals surface area contributed by atoms with Crippen molar-refractivity contribution in [2.24, 2.45) is 0 Å². The van der Waals surface area contributed by atoms with Gasteiger partial charge in [0.25, 0.3) is 0 Å². The number of esters is 1. The van der Waals surface area contributed by atoms with Crippen molar-refractivity contribution in [2.75, 3.05) is 13.2 Å². The van der Waals surface area contributed by atoms with Gasteiger partial charge in [-0.2, -0.15) is 0 Å². The third-order valence-corrected chi connectivity index (χ3v) is 2.22. The van der Waals surface area contributed by atoms with E-state index in [4.69, 9.17) is 9.16 Å². The van der Waals surface area contributed by atoms with E-state index >= 15 is 0 Å². The summed E-state index contributed by atoms with van der Waals surface area (Å²) in [6, 6.07) is 0. The predicted molar refractivity (Wildman–Crippen MR) is 55.2 cm³/mol. The van der Waals surface area contributed by atoms with Crippen LogP contribution < -0.4 is 0 Å². The van der Waals surface area contributed by atoms with Crippen molar-refractivity contribution in [2.45, 2.75) is 26.4 Å². The van der Waals surface area contributed by atoms with Crippen LogP contribution in [0.25, 0.3) is 0 Å². The van der Waals surface area contributed by atoms with E-state index in [1.54, 1.807) is 6.92 Å². The van der Waals surface area contributed by atoms with Crippen LogP contribution in [-0.4, -0.2) is 28.2 Å². The molecule has 3 nitrogen and oxygen atoms in total. The van der Waals surface area contributed by atoms with E-state index in [2.05, 4.69) is 19.7 Å². The zero-order valence-corrected chi connectivity index (χ0v) is 9.79. The maximum Gasteiger partial charge on any atom is 0.333 e. The number of ether oxygens (including phenoxy) is 1. The molecule has 0 bridgehead atoms. The zero-order chi connectivity index (χ0) is 10.3. The average molecular weight is 202 g/mol. The largest absolute Gasteiger partial charge is 0.462 e. The molecule has 0 amide bonds. The molecule has 0 fully saturated rings. The Hall–Kier alpha value is -0.613. The number of carbonyl (C=O) groups excluding carboxylic acids is 1. The maximum atomic E-state index is 10.9. The van der Waals surface area contributed by atoms with E-state index < -0.39 is 9.04 Å². The molecule has 0 saturated heterocycles. The molecule has 0 aliphatic carbocycles. The molecular formula is C9H18O3Si. The number of hydrogen-bond acceptors (Lipinski definition) is 3. The van der Waals surface area contributed by atoms with Crippen molar-refractivity contribution in [3.63, 3.8) is 0 Å². The van der Waals surface area contributed by atoms with Crippen LogP contribution in [0.1, 0.15) is 13.3 Å². The van der Waals surface area contributed by atoms with Gasteiger partial charge in [0.15, 0.2) is 9.04 Å². The molecule has 0 radical (unpaired) electrons. The summed E-state index contributed by atoms with van der Waals surface area (Å²) in [6.45, 7) is 10.5. The van der Waals surface area contributed by atoms with E-state index in [9.17, 15) is 4.79 Å². The van der Waals surface area contributed by atoms with Gasteiger partial charge in [-0.05, 0) is 20.0 Å². The first-order valence-electron chi connectivity index (χ1n) is 4.48. The summed E-state index contributed by atoms with van der Waals surface area (Å²) in [6.07, 6.45) is 0.768. The molecule has 0 aliphatic heterocycles. The molecule has 13 heavy (non-hydrogen) atoms. The van der Waals surface area contributed by atoms with E-state index in [-0.39, 0.29) is 5.97 Å². The summed E-state index contributed by atoms with van der Waals surface area (Å²) in [5.41, 5.74) is 0.444. The maximum absolute atomic E-state index is 10.9. The third-order valence-electron chi connectivity index (χ3n) is 1.32. The summed E-state index contributed by atoms with van der Waals surface area (Å²) in [4.78, 5) is 10.9. The zero-order valence-electron chi connectivity index (χ0n) is 8.63. The Morgan fingerprint density at radius 1 is 1.38 bits per heavy atom. The number of rotatable bonds is 6. The standard InChI is InChI=1S/C9H18O3Si/c1-8(2)9(10)11-6-5-7-12-13(3)4/h13H,1,5-7H2,2-4H3. The van der Waals surface area contributed by atoms with Crippen LogP contribution in [0.2, 0.25) is 13.1 Å². The lowest BCUT2D eigenvalue weighted by atomic mass is 10.4. The molecule has 0 saturated carbocycles. The summed E-state index contributed by atoms with van der Waals surface area (Å²) in [5, 5.41) is 0. The first-order chi connectivity index (χ1) is 6.04. The minimum Gasteiger partial charge on any atom is -0.462 e. The van der Waals surface area contributed by atoms with Crippen LogP contribution in [-0.2, 0) is 14.0 Å². The van der Waals surface area contributed by atoms with Gasteiger partial charge in [0, 0.05) is 18.6 Å². The van der Waals surface area contributed by atoms with Crippen molar-refractivity contribution < 1.29 is 14.0 Å². The van der Waals surface area contributed by atoms with Crippen molar-refractivity contribution >= 4 is 15.0 Å². The molecule has 0 aromatic heterocycles. The van der Waals surface area contributed by atoms with Crippen molar-refractivity contribution in [1.29, 1.82) is 0 Å². The van der Waals surface area contributed by atoms with Crippen LogP contribution in [0.15, 0.2) is 12.2 Å². The second kappa shape index (κ2) is 6.86. The van der Waals surface area contributed by atoms with Gasteiger partial charge in [0.2, 0.25) is 0 Å². The van der Waals surface area contributed by atoms with Crippen LogP contribution in [0, 0.1) is 0 Å². The second-order valence-corrected chi connectivity index (χ2v) is 5.62. The Bertz CT molecular complexity index is 178. The Morgan fingerprint density at radius 3 is 2.46 bits per heavy atom. The molecule has 0 spiro atoms. The minimum atomic E-state index is -0.916. The average Bonchev–Trinajstić information content (AvgIpc) is 2.02. The summed E-state index contributed by atoms with van der Waals surface area (Å²) < 4.78 is 10.3. The SMILES string of the molecule is C=C(C)C(=O)OCCCO[SiH](C)C. The van der Waals surface area contributed by atoms with Crippen molar-refractivity contribution in [3.05, 3.63) is 12.2 Å². The van der Waals surface area contributed by atoms with Gasteiger partial charge in [-0.1, -0.05) is 6.58 Å². The summed E-state index contributed by atoms with van der Waals surface area (Å²) in [5.74, 6) is -0.318. The first kappa shape index (κ1) is 12.4. The monoisotopic (exact) mass is 202 g/mol. The number of carbonyl (C=O) groups is 1. The lowest BCUT2D eigenvalue weighted by Gasteiger charge is -2.06. The first-order valence-corrected chi connectivity index (χ1v) is 7.26. The van der Waals surface area contributed by atoms with E-state index in [1.807, 2.05) is 0 Å². The van der Waals surface area contributed by atoms with Gasteiger partial charge >= 0.3 is 5.97 Å². The molecule has 0 aromatic carbocycles. The third kappa shape index (κ3) is 7.74. The molecule has 0 unspecified atom stereocenters. The van der Waals surface area contributed by atoms with Gasteiger partial charge in [-0.3, -0.25) is 0 Å². The lowest BCUT2D eigenvalue weighted by Crippen LogP contribution is -2.12. The smallest absolute Gasteiger partial charge is 0.333 e. The summed E-state index contributed by atoms with van der Waals surface area (Å²) in [7, 11) is -0.916. The second-order valence-electron chi connectivity index (χ2n) is 3.19. The fourth-order valence-corrected chi connectivity index (χ4v) is 1.30. The normalized spacial score (nSPS) is 10.2. The van der Waals surface area contributed by atoms with Crippen LogP contribution in [0.3, 0.4) is 0 Å². The molecule has 76 valence electrons. The quantitative estimate of drug-likeness (QED) is 0.283. The van der Waals surface area contributed by atoms with Gasteiger partial charge < -0.3 is 9.16 Å². The molecule has 0 rings (SSSR count). The highest BCUT2D eigenvalue weighted by Gasteiger charge is 2.02. The highest BCUT2D eigenvalue weighted by Crippen LogP contribution is 1.94. The van der Waals surface area contributed by atoms with Gasteiger partial charge in [0.1, 0.15) is 0 Å².